The molecule has 2 aromatic rings. The van der Waals surface area contributed by atoms with E-state index in [0.29, 0.717) is 0 Å². The van der Waals surface area contributed by atoms with E-state index in [4.69, 9.17) is 0 Å². The minimum Gasteiger partial charge on any atom is -0.382 e. The second-order valence-corrected chi connectivity index (χ2v) is 3.53. The molecule has 5 heteroatoms. The Hall–Kier alpha value is -1.78. The molecule has 0 aromatic carbocycles. The minimum absolute atomic E-state index is 0.894. The van der Waals surface area contributed by atoms with E-state index < -0.39 is 0 Å². The topological polar surface area (TPSA) is 47.7 Å². The van der Waals surface area contributed by atoms with Gasteiger partial charge in [0.1, 0.15) is 0 Å². The van der Waals surface area contributed by atoms with Crippen molar-refractivity contribution >= 4 is 5.69 Å². The van der Waals surface area contributed by atoms with Crippen LogP contribution in [-0.4, -0.2) is 26.1 Å². The van der Waals surface area contributed by atoms with Gasteiger partial charge < -0.3 is 5.32 Å². The van der Waals surface area contributed by atoms with Crippen molar-refractivity contribution in [1.29, 1.82) is 0 Å². The van der Waals surface area contributed by atoms with Gasteiger partial charge in [0.05, 0.1) is 11.9 Å². The van der Waals surface area contributed by atoms with Crippen molar-refractivity contribution in [2.24, 2.45) is 14.1 Å². The summed E-state index contributed by atoms with van der Waals surface area (Å²) in [6.45, 7) is 0.894. The molecular formula is C10H15N5. The molecule has 0 atom stereocenters. The Bertz CT molecular complexity index is 428. The number of aromatic nitrogens is 4. The van der Waals surface area contributed by atoms with Crippen molar-refractivity contribution in [3.63, 3.8) is 0 Å². The van der Waals surface area contributed by atoms with Crippen LogP contribution in [0.5, 0.6) is 0 Å². The van der Waals surface area contributed by atoms with Crippen LogP contribution in [0.15, 0.2) is 24.7 Å². The quantitative estimate of drug-likeness (QED) is 0.803. The predicted molar refractivity (Wildman–Crippen MR) is 58.6 cm³/mol. The monoisotopic (exact) mass is 205 g/mol. The minimum atomic E-state index is 0.894. The first kappa shape index (κ1) is 9.76. The average Bonchev–Trinajstić information content (AvgIpc) is 2.77. The molecular weight excluding hydrogens is 190 g/mol. The highest BCUT2D eigenvalue weighted by Gasteiger charge is 1.98. The predicted octanol–water partition coefficient (Wildman–Crippen LogP) is 0.808. The van der Waals surface area contributed by atoms with Crippen LogP contribution in [-0.2, 0) is 20.5 Å². The van der Waals surface area contributed by atoms with Gasteiger partial charge >= 0.3 is 0 Å². The molecule has 0 fully saturated rings. The largest absolute Gasteiger partial charge is 0.382 e. The molecule has 0 saturated heterocycles. The van der Waals surface area contributed by atoms with E-state index in [9.17, 15) is 0 Å². The van der Waals surface area contributed by atoms with Crippen molar-refractivity contribution in [1.82, 2.24) is 19.6 Å². The molecule has 0 spiro atoms. The lowest BCUT2D eigenvalue weighted by Crippen LogP contribution is -2.07. The lowest BCUT2D eigenvalue weighted by atomic mass is 10.3. The zero-order valence-corrected chi connectivity index (χ0v) is 9.01. The number of rotatable bonds is 4. The summed E-state index contributed by atoms with van der Waals surface area (Å²) in [5.74, 6) is 0. The molecule has 0 aliphatic heterocycles. The van der Waals surface area contributed by atoms with E-state index >= 15 is 0 Å². The fraction of sp³-hybridized carbons (Fsp3) is 0.400. The second kappa shape index (κ2) is 4.16. The van der Waals surface area contributed by atoms with Crippen LogP contribution in [0.3, 0.4) is 0 Å². The van der Waals surface area contributed by atoms with Crippen molar-refractivity contribution in [3.05, 3.63) is 30.4 Å². The van der Waals surface area contributed by atoms with Crippen molar-refractivity contribution in [3.8, 4) is 0 Å². The third kappa shape index (κ3) is 2.37. The van der Waals surface area contributed by atoms with E-state index in [1.165, 1.54) is 5.69 Å². The summed E-state index contributed by atoms with van der Waals surface area (Å²) >= 11 is 0. The molecule has 5 nitrogen and oxygen atoms in total. The van der Waals surface area contributed by atoms with Gasteiger partial charge in [-0.1, -0.05) is 0 Å². The molecule has 0 bridgehead atoms. The van der Waals surface area contributed by atoms with Crippen LogP contribution in [0.2, 0.25) is 0 Å². The fourth-order valence-corrected chi connectivity index (χ4v) is 1.49. The summed E-state index contributed by atoms with van der Waals surface area (Å²) in [5, 5.41) is 11.5. The van der Waals surface area contributed by atoms with Crippen LogP contribution in [0.1, 0.15) is 5.69 Å². The van der Waals surface area contributed by atoms with Crippen molar-refractivity contribution in [2.75, 3.05) is 11.9 Å². The maximum Gasteiger partial charge on any atom is 0.0726 e. The molecule has 2 heterocycles. The van der Waals surface area contributed by atoms with E-state index in [1.807, 2.05) is 43.4 Å². The standard InChI is InChI=1S/C10H15N5/c1-14-8-9(7-13-14)11-5-3-10-4-6-12-15(10)2/h4,6-8,11H,3,5H2,1-2H3. The fourth-order valence-electron chi connectivity index (χ4n) is 1.49. The van der Waals surface area contributed by atoms with Gasteiger partial charge in [0.15, 0.2) is 0 Å². The summed E-state index contributed by atoms with van der Waals surface area (Å²) in [5.41, 5.74) is 2.28. The zero-order chi connectivity index (χ0) is 10.7. The van der Waals surface area contributed by atoms with Crippen molar-refractivity contribution in [2.45, 2.75) is 6.42 Å². The molecule has 0 aliphatic rings. The highest BCUT2D eigenvalue weighted by Crippen LogP contribution is 2.04. The van der Waals surface area contributed by atoms with Gasteiger partial charge in [-0.05, 0) is 6.07 Å². The highest BCUT2D eigenvalue weighted by atomic mass is 15.3. The molecule has 1 N–H and O–H groups in total. The average molecular weight is 205 g/mol. The summed E-state index contributed by atoms with van der Waals surface area (Å²) in [4.78, 5) is 0. The molecule has 80 valence electrons. The molecule has 0 saturated carbocycles. The van der Waals surface area contributed by atoms with Crippen LogP contribution >= 0.6 is 0 Å². The molecule has 0 unspecified atom stereocenters. The van der Waals surface area contributed by atoms with Crippen molar-refractivity contribution < 1.29 is 0 Å². The summed E-state index contributed by atoms with van der Waals surface area (Å²) < 4.78 is 3.68. The Morgan fingerprint density at radius 1 is 1.33 bits per heavy atom. The smallest absolute Gasteiger partial charge is 0.0726 e. The zero-order valence-electron chi connectivity index (χ0n) is 9.01. The van der Waals surface area contributed by atoms with Gasteiger partial charge in [-0.3, -0.25) is 9.36 Å². The third-order valence-electron chi connectivity index (χ3n) is 2.34. The Kier molecular flexibility index (Phi) is 2.71. The Labute approximate surface area is 88.7 Å². The van der Waals surface area contributed by atoms with Gasteiger partial charge in [-0.15, -0.1) is 0 Å². The number of nitrogens with zero attached hydrogens (tertiary/aromatic N) is 4. The number of hydrogen-bond donors (Lipinski definition) is 1. The van der Waals surface area contributed by atoms with E-state index in [1.54, 1.807) is 4.68 Å². The van der Waals surface area contributed by atoms with E-state index in [0.717, 1.165) is 18.7 Å². The number of nitrogens with one attached hydrogen (secondary N) is 1. The first-order valence-corrected chi connectivity index (χ1v) is 4.95. The number of aryl methyl sites for hydroxylation is 2. The molecule has 2 aromatic heterocycles. The lowest BCUT2D eigenvalue weighted by molar-refractivity contribution is 0.711. The molecule has 2 rings (SSSR count). The molecule has 0 radical (unpaired) electrons. The molecule has 0 aliphatic carbocycles. The lowest BCUT2D eigenvalue weighted by Gasteiger charge is -2.03. The van der Waals surface area contributed by atoms with Crippen LogP contribution < -0.4 is 5.32 Å². The second-order valence-electron chi connectivity index (χ2n) is 3.53. The Balaban J connectivity index is 1.83. The molecule has 0 amide bonds. The third-order valence-corrected chi connectivity index (χ3v) is 2.34. The van der Waals surface area contributed by atoms with Gasteiger partial charge in [0, 0.05) is 45.1 Å². The van der Waals surface area contributed by atoms with E-state index in [2.05, 4.69) is 15.5 Å². The van der Waals surface area contributed by atoms with Crippen LogP contribution in [0.4, 0.5) is 5.69 Å². The van der Waals surface area contributed by atoms with Crippen LogP contribution in [0, 0.1) is 0 Å². The maximum atomic E-state index is 4.12. The number of anilines is 1. The first-order valence-electron chi connectivity index (χ1n) is 4.95. The highest BCUT2D eigenvalue weighted by molar-refractivity contribution is 5.37. The SMILES string of the molecule is Cn1cc(NCCc2ccnn2C)cn1. The number of hydrogen-bond acceptors (Lipinski definition) is 3. The summed E-state index contributed by atoms with van der Waals surface area (Å²) in [6, 6.07) is 2.03. The normalized spacial score (nSPS) is 10.5. The Morgan fingerprint density at radius 3 is 2.80 bits per heavy atom. The summed E-state index contributed by atoms with van der Waals surface area (Å²) in [6.07, 6.45) is 6.57. The summed E-state index contributed by atoms with van der Waals surface area (Å²) in [7, 11) is 3.87. The van der Waals surface area contributed by atoms with Gasteiger partial charge in [0.25, 0.3) is 0 Å². The van der Waals surface area contributed by atoms with E-state index in [-0.39, 0.29) is 0 Å². The van der Waals surface area contributed by atoms with Gasteiger partial charge in [0.2, 0.25) is 0 Å². The van der Waals surface area contributed by atoms with Crippen LogP contribution in [0.25, 0.3) is 0 Å². The van der Waals surface area contributed by atoms with Gasteiger partial charge in [-0.2, -0.15) is 10.2 Å². The Morgan fingerprint density at radius 2 is 2.20 bits per heavy atom. The van der Waals surface area contributed by atoms with Gasteiger partial charge in [-0.25, -0.2) is 0 Å². The maximum absolute atomic E-state index is 4.12. The first-order chi connectivity index (χ1) is 7.25. The molecule has 15 heavy (non-hydrogen) atoms.